The number of aliphatic hydroxyl groups excluding tert-OH is 1. The maximum absolute atomic E-state index is 12.6. The van der Waals surface area contributed by atoms with E-state index in [0.717, 1.165) is 32.2 Å². The van der Waals surface area contributed by atoms with Crippen LogP contribution in [0.15, 0.2) is 29.2 Å². The fourth-order valence-corrected chi connectivity index (χ4v) is 4.25. The Morgan fingerprint density at radius 1 is 1.37 bits per heavy atom. The number of benzene rings is 1. The molecule has 3 rings (SSSR count). The van der Waals surface area contributed by atoms with Gasteiger partial charge in [-0.25, -0.2) is 0 Å². The number of likely N-dealkylation sites (tertiary alicyclic amines) is 1. The third-order valence-corrected chi connectivity index (χ3v) is 5.35. The third-order valence-electron chi connectivity index (χ3n) is 4.04. The lowest BCUT2D eigenvalue weighted by Crippen LogP contribution is -2.48. The Morgan fingerprint density at radius 3 is 3.00 bits per heavy atom. The van der Waals surface area contributed by atoms with Crippen LogP contribution < -0.4 is 0 Å². The molecule has 1 saturated heterocycles. The summed E-state index contributed by atoms with van der Waals surface area (Å²) < 4.78 is 0. The van der Waals surface area contributed by atoms with Gasteiger partial charge in [0.1, 0.15) is 0 Å². The molecule has 0 aromatic heterocycles. The lowest BCUT2D eigenvalue weighted by atomic mass is 10.0. The number of aliphatic hydroxyl groups is 1. The molecule has 1 amide bonds. The van der Waals surface area contributed by atoms with E-state index in [1.54, 1.807) is 11.8 Å². The molecule has 2 aliphatic heterocycles. The predicted molar refractivity (Wildman–Crippen MR) is 76.2 cm³/mol. The fraction of sp³-hybridized carbons (Fsp3) is 0.533. The lowest BCUT2D eigenvalue weighted by Gasteiger charge is -2.36. The summed E-state index contributed by atoms with van der Waals surface area (Å²) in [5.74, 6) is 0.208. The summed E-state index contributed by atoms with van der Waals surface area (Å²) >= 11 is 1.68. The van der Waals surface area contributed by atoms with Crippen LogP contribution in [0.25, 0.3) is 0 Å². The van der Waals surface area contributed by atoms with Crippen LogP contribution in [-0.2, 0) is 11.2 Å². The number of rotatable bonds is 2. The molecule has 4 heteroatoms. The first kappa shape index (κ1) is 13.0. The van der Waals surface area contributed by atoms with Gasteiger partial charge >= 0.3 is 0 Å². The Balaban J connectivity index is 1.72. The predicted octanol–water partition coefficient (Wildman–Crippen LogP) is 2.08. The zero-order valence-electron chi connectivity index (χ0n) is 10.9. The highest BCUT2D eigenvalue weighted by Gasteiger charge is 2.35. The Bertz CT molecular complexity index is 452. The number of carbonyl (C=O) groups excluding carboxylic acids is 1. The van der Waals surface area contributed by atoms with Crippen LogP contribution in [-0.4, -0.2) is 40.4 Å². The first-order chi connectivity index (χ1) is 9.29. The molecule has 19 heavy (non-hydrogen) atoms. The van der Waals surface area contributed by atoms with Crippen molar-refractivity contribution in [2.75, 3.05) is 13.2 Å². The Morgan fingerprint density at radius 2 is 2.21 bits per heavy atom. The normalized spacial score (nSPS) is 26.3. The molecule has 1 aromatic rings. The largest absolute Gasteiger partial charge is 0.394 e. The zero-order chi connectivity index (χ0) is 13.2. The van der Waals surface area contributed by atoms with Crippen molar-refractivity contribution in [2.45, 2.75) is 41.9 Å². The second kappa shape index (κ2) is 5.55. The van der Waals surface area contributed by atoms with E-state index < -0.39 is 0 Å². The van der Waals surface area contributed by atoms with Gasteiger partial charge in [-0.3, -0.25) is 4.79 Å². The second-order valence-corrected chi connectivity index (χ2v) is 6.53. The molecule has 0 radical (unpaired) electrons. The number of thioether (sulfide) groups is 1. The van der Waals surface area contributed by atoms with Gasteiger partial charge in [-0.05, 0) is 37.3 Å². The van der Waals surface area contributed by atoms with Gasteiger partial charge in [0.25, 0.3) is 0 Å². The third kappa shape index (κ3) is 2.51. The number of nitrogens with zero attached hydrogens (tertiary/aromatic N) is 1. The smallest absolute Gasteiger partial charge is 0.236 e. The average molecular weight is 277 g/mol. The summed E-state index contributed by atoms with van der Waals surface area (Å²) in [4.78, 5) is 15.8. The van der Waals surface area contributed by atoms with Crippen LogP contribution in [0.1, 0.15) is 24.8 Å². The van der Waals surface area contributed by atoms with Crippen molar-refractivity contribution in [2.24, 2.45) is 0 Å². The SMILES string of the molecule is O=C(C1Cc2ccccc2S1)N1CCCCC1CO. The first-order valence-corrected chi connectivity index (χ1v) is 7.83. The van der Waals surface area contributed by atoms with E-state index >= 15 is 0 Å². The maximum atomic E-state index is 12.6. The molecule has 3 nitrogen and oxygen atoms in total. The van der Waals surface area contributed by atoms with E-state index in [2.05, 4.69) is 12.1 Å². The number of fused-ring (bicyclic) bond motifs is 1. The van der Waals surface area contributed by atoms with Crippen molar-refractivity contribution in [3.8, 4) is 0 Å². The molecule has 1 aromatic carbocycles. The molecular weight excluding hydrogens is 258 g/mol. The monoisotopic (exact) mass is 277 g/mol. The highest BCUT2D eigenvalue weighted by molar-refractivity contribution is 8.01. The van der Waals surface area contributed by atoms with Gasteiger partial charge in [0.2, 0.25) is 5.91 Å². The molecule has 102 valence electrons. The maximum Gasteiger partial charge on any atom is 0.236 e. The van der Waals surface area contributed by atoms with Crippen LogP contribution in [0.4, 0.5) is 0 Å². The van der Waals surface area contributed by atoms with Crippen LogP contribution in [0.5, 0.6) is 0 Å². The number of hydrogen-bond donors (Lipinski definition) is 1. The van der Waals surface area contributed by atoms with Crippen molar-refractivity contribution in [1.29, 1.82) is 0 Å². The molecule has 0 spiro atoms. The van der Waals surface area contributed by atoms with E-state index in [4.69, 9.17) is 0 Å². The lowest BCUT2D eigenvalue weighted by molar-refractivity contribution is -0.135. The van der Waals surface area contributed by atoms with Crippen LogP contribution in [0.2, 0.25) is 0 Å². The van der Waals surface area contributed by atoms with Crippen LogP contribution in [0, 0.1) is 0 Å². The van der Waals surface area contributed by atoms with Gasteiger partial charge < -0.3 is 10.0 Å². The van der Waals surface area contributed by atoms with E-state index in [-0.39, 0.29) is 23.8 Å². The highest BCUT2D eigenvalue weighted by Crippen LogP contribution is 2.38. The van der Waals surface area contributed by atoms with E-state index in [0.29, 0.717) is 0 Å². The highest BCUT2D eigenvalue weighted by atomic mass is 32.2. The van der Waals surface area contributed by atoms with Crippen LogP contribution in [0.3, 0.4) is 0 Å². The van der Waals surface area contributed by atoms with Gasteiger partial charge in [-0.2, -0.15) is 0 Å². The molecule has 2 unspecified atom stereocenters. The quantitative estimate of drug-likeness (QED) is 0.900. The Hall–Kier alpha value is -1.00. The summed E-state index contributed by atoms with van der Waals surface area (Å²) in [5.41, 5.74) is 1.28. The Labute approximate surface area is 118 Å². The van der Waals surface area contributed by atoms with Gasteiger partial charge in [0.15, 0.2) is 0 Å². The van der Waals surface area contributed by atoms with Crippen molar-refractivity contribution in [1.82, 2.24) is 4.90 Å². The summed E-state index contributed by atoms with van der Waals surface area (Å²) in [6, 6.07) is 8.29. The summed E-state index contributed by atoms with van der Waals surface area (Å²) in [5, 5.41) is 9.43. The van der Waals surface area contributed by atoms with Gasteiger partial charge in [0, 0.05) is 11.4 Å². The van der Waals surface area contributed by atoms with Gasteiger partial charge in [-0.1, -0.05) is 18.2 Å². The minimum atomic E-state index is 0.00421. The van der Waals surface area contributed by atoms with Crippen molar-refractivity contribution in [3.05, 3.63) is 29.8 Å². The summed E-state index contributed by atoms with van der Waals surface area (Å²) in [6.07, 6.45) is 3.94. The van der Waals surface area contributed by atoms with Crippen molar-refractivity contribution >= 4 is 17.7 Å². The first-order valence-electron chi connectivity index (χ1n) is 6.95. The van der Waals surface area contributed by atoms with Gasteiger partial charge in [-0.15, -0.1) is 11.8 Å². The molecule has 1 fully saturated rings. The average Bonchev–Trinajstić information content (AvgIpc) is 2.90. The summed E-state index contributed by atoms with van der Waals surface area (Å²) in [6.45, 7) is 0.896. The molecule has 2 heterocycles. The standard InChI is InChI=1S/C15H19NO2S/c17-10-12-6-3-4-8-16(12)15(18)14-9-11-5-1-2-7-13(11)19-14/h1-2,5,7,12,14,17H,3-4,6,8-10H2. The Kier molecular flexibility index (Phi) is 3.80. The zero-order valence-corrected chi connectivity index (χ0v) is 11.7. The molecule has 0 saturated carbocycles. The van der Waals surface area contributed by atoms with E-state index in [1.807, 2.05) is 17.0 Å². The molecular formula is C15H19NO2S. The number of hydrogen-bond acceptors (Lipinski definition) is 3. The molecule has 0 aliphatic carbocycles. The molecule has 0 bridgehead atoms. The van der Waals surface area contributed by atoms with E-state index in [9.17, 15) is 9.90 Å². The number of piperidine rings is 1. The van der Waals surface area contributed by atoms with Gasteiger partial charge in [0.05, 0.1) is 17.9 Å². The van der Waals surface area contributed by atoms with Crippen molar-refractivity contribution < 1.29 is 9.90 Å². The van der Waals surface area contributed by atoms with Crippen LogP contribution >= 0.6 is 11.8 Å². The molecule has 2 atom stereocenters. The second-order valence-electron chi connectivity index (χ2n) is 5.28. The minimum absolute atomic E-state index is 0.00421. The van der Waals surface area contributed by atoms with Crippen molar-refractivity contribution in [3.63, 3.8) is 0 Å². The fourth-order valence-electron chi connectivity index (χ4n) is 2.99. The summed E-state index contributed by atoms with van der Waals surface area (Å²) in [7, 11) is 0. The minimum Gasteiger partial charge on any atom is -0.394 e. The topological polar surface area (TPSA) is 40.5 Å². The number of amides is 1. The van der Waals surface area contributed by atoms with E-state index in [1.165, 1.54) is 10.5 Å². The number of carbonyl (C=O) groups is 1. The molecule has 1 N–H and O–H groups in total. The molecule has 2 aliphatic rings.